The molecule has 162 valence electrons. The maximum Gasteiger partial charge on any atom is 0.255 e. The Hall–Kier alpha value is -2.93. The van der Waals surface area contributed by atoms with E-state index in [1.54, 1.807) is 12.1 Å². The first-order chi connectivity index (χ1) is 15.3. The molecule has 0 radical (unpaired) electrons. The van der Waals surface area contributed by atoms with E-state index in [2.05, 4.69) is 0 Å². The van der Waals surface area contributed by atoms with E-state index in [1.807, 2.05) is 53.4 Å². The molecule has 2 N–H and O–H groups in total. The zero-order valence-corrected chi connectivity index (χ0v) is 18.7. The number of benzene rings is 3. The third-order valence-corrected chi connectivity index (χ3v) is 7.12. The topological polar surface area (TPSA) is 80.5 Å². The fourth-order valence-corrected chi connectivity index (χ4v) is 4.95. The summed E-state index contributed by atoms with van der Waals surface area (Å²) in [7, 11) is -3.78. The van der Waals surface area contributed by atoms with Crippen LogP contribution in [0.2, 0.25) is 5.02 Å². The molecule has 0 spiro atoms. The van der Waals surface area contributed by atoms with E-state index in [-0.39, 0.29) is 16.8 Å². The van der Waals surface area contributed by atoms with Crippen molar-refractivity contribution >= 4 is 38.7 Å². The zero-order valence-electron chi connectivity index (χ0n) is 17.2. The van der Waals surface area contributed by atoms with Crippen molar-refractivity contribution in [1.29, 1.82) is 0 Å². The number of carbonyl (C=O) groups excluding carboxylic acids is 1. The predicted octanol–water partition coefficient (Wildman–Crippen LogP) is 4.57. The van der Waals surface area contributed by atoms with Crippen molar-refractivity contribution < 1.29 is 13.2 Å². The molecule has 3 aromatic rings. The fraction of sp³-hybridized carbons (Fsp3) is 0.160. The van der Waals surface area contributed by atoms with Crippen molar-refractivity contribution in [3.63, 3.8) is 0 Å². The highest BCUT2D eigenvalue weighted by atomic mass is 35.5. The average molecular weight is 465 g/mol. The molecule has 0 unspecified atom stereocenters. The van der Waals surface area contributed by atoms with Gasteiger partial charge in [-0.15, -0.1) is 0 Å². The Kier molecular flexibility index (Phi) is 5.16. The number of amides is 1. The van der Waals surface area contributed by atoms with Gasteiger partial charge in [-0.25, -0.2) is 13.6 Å². The molecule has 2 aliphatic rings. The van der Waals surface area contributed by atoms with Gasteiger partial charge in [0.2, 0.25) is 10.0 Å². The Morgan fingerprint density at radius 1 is 0.875 bits per heavy atom. The van der Waals surface area contributed by atoms with Crippen molar-refractivity contribution in [3.8, 4) is 11.1 Å². The molecule has 5 nitrogen and oxygen atoms in total. The summed E-state index contributed by atoms with van der Waals surface area (Å²) in [5.41, 5.74) is 5.04. The van der Waals surface area contributed by atoms with Gasteiger partial charge in [0, 0.05) is 17.6 Å². The highest BCUT2D eigenvalue weighted by molar-refractivity contribution is 7.89. The molecule has 7 heteroatoms. The number of primary sulfonamides is 1. The lowest BCUT2D eigenvalue weighted by Crippen LogP contribution is -2.29. The van der Waals surface area contributed by atoms with Crippen molar-refractivity contribution in [1.82, 2.24) is 4.90 Å². The number of carbonyl (C=O) groups is 1. The van der Waals surface area contributed by atoms with E-state index < -0.39 is 10.0 Å². The minimum atomic E-state index is -3.78. The van der Waals surface area contributed by atoms with Gasteiger partial charge in [0.05, 0.1) is 10.5 Å². The molecular weight excluding hydrogens is 444 g/mol. The molecular formula is C25H21ClN2O3S. The van der Waals surface area contributed by atoms with E-state index in [4.69, 9.17) is 16.7 Å². The van der Waals surface area contributed by atoms with Crippen LogP contribution in [0.4, 0.5) is 0 Å². The molecule has 1 fully saturated rings. The van der Waals surface area contributed by atoms with Gasteiger partial charge in [-0.1, -0.05) is 60.1 Å². The van der Waals surface area contributed by atoms with Gasteiger partial charge >= 0.3 is 0 Å². The highest BCUT2D eigenvalue weighted by Crippen LogP contribution is 2.43. The van der Waals surface area contributed by atoms with E-state index >= 15 is 0 Å². The van der Waals surface area contributed by atoms with E-state index in [1.165, 1.54) is 12.1 Å². The predicted molar refractivity (Wildman–Crippen MR) is 126 cm³/mol. The summed E-state index contributed by atoms with van der Waals surface area (Å²) in [4.78, 5) is 15.6. The first-order valence-electron chi connectivity index (χ1n) is 10.4. The zero-order chi connectivity index (χ0) is 22.5. The Morgan fingerprint density at radius 2 is 1.56 bits per heavy atom. The Bertz CT molecular complexity index is 1360. The van der Waals surface area contributed by atoms with Crippen LogP contribution in [-0.4, -0.2) is 31.8 Å². The Morgan fingerprint density at radius 3 is 2.19 bits per heavy atom. The van der Waals surface area contributed by atoms with Crippen LogP contribution in [0.1, 0.15) is 24.0 Å². The minimum absolute atomic E-state index is 0.0241. The van der Waals surface area contributed by atoms with Crippen LogP contribution in [0.5, 0.6) is 0 Å². The van der Waals surface area contributed by atoms with Crippen LogP contribution in [-0.2, 0) is 14.8 Å². The van der Waals surface area contributed by atoms with E-state index in [9.17, 15) is 13.2 Å². The van der Waals surface area contributed by atoms with Crippen molar-refractivity contribution in [2.45, 2.75) is 23.8 Å². The van der Waals surface area contributed by atoms with Crippen LogP contribution in [0.25, 0.3) is 22.3 Å². The third kappa shape index (κ3) is 3.86. The van der Waals surface area contributed by atoms with E-state index in [0.29, 0.717) is 17.1 Å². The summed E-state index contributed by atoms with van der Waals surface area (Å²) < 4.78 is 23.3. The molecule has 0 bridgehead atoms. The van der Waals surface area contributed by atoms with Gasteiger partial charge < -0.3 is 4.90 Å². The summed E-state index contributed by atoms with van der Waals surface area (Å²) in [5.74, 6) is 0.0241. The maximum absolute atomic E-state index is 13.6. The largest absolute Gasteiger partial charge is 0.331 e. The standard InChI is InChI=1S/C25H21ClN2O3S/c26-18-5-3-4-17(14-18)23-15-28(19-10-11-19)25(29)24(23)22-7-2-1-6-21(22)16-8-12-20(13-9-16)32(27,30)31/h1-9,12-14,19H,10-11,15H2,(H2,27,30,31). The summed E-state index contributed by atoms with van der Waals surface area (Å²) in [6.07, 6.45) is 2.05. The number of nitrogens with zero attached hydrogens (tertiary/aromatic N) is 1. The normalized spacial score (nSPS) is 16.7. The number of halogens is 1. The molecule has 0 atom stereocenters. The first kappa shape index (κ1) is 20.9. The summed E-state index contributed by atoms with van der Waals surface area (Å²) in [6, 6.07) is 22.0. The fourth-order valence-electron chi connectivity index (χ4n) is 4.24. The second kappa shape index (κ2) is 7.89. The summed E-state index contributed by atoms with van der Waals surface area (Å²) >= 11 is 6.26. The van der Waals surface area contributed by atoms with Gasteiger partial charge in [0.1, 0.15) is 0 Å². The highest BCUT2D eigenvalue weighted by Gasteiger charge is 2.41. The van der Waals surface area contributed by atoms with Gasteiger partial charge in [-0.05, 0) is 64.9 Å². The Labute approximate surface area is 192 Å². The molecule has 5 rings (SSSR count). The van der Waals surface area contributed by atoms with Crippen LogP contribution in [0.15, 0.2) is 77.7 Å². The monoisotopic (exact) mass is 464 g/mol. The second-order valence-electron chi connectivity index (χ2n) is 8.14. The number of sulfonamides is 1. The summed E-state index contributed by atoms with van der Waals surface area (Å²) in [6.45, 7) is 0.553. The first-order valence-corrected chi connectivity index (χ1v) is 12.3. The average Bonchev–Trinajstić information content (AvgIpc) is 3.56. The van der Waals surface area contributed by atoms with Crippen LogP contribution >= 0.6 is 11.6 Å². The molecule has 1 aliphatic heterocycles. The van der Waals surface area contributed by atoms with Gasteiger partial charge in [0.25, 0.3) is 5.91 Å². The molecule has 3 aromatic carbocycles. The number of hydrogen-bond acceptors (Lipinski definition) is 3. The number of nitrogens with two attached hydrogens (primary N) is 1. The summed E-state index contributed by atoms with van der Waals surface area (Å²) in [5, 5.41) is 5.86. The smallest absolute Gasteiger partial charge is 0.255 e. The van der Waals surface area contributed by atoms with Crippen molar-refractivity contribution in [2.24, 2.45) is 5.14 Å². The van der Waals surface area contributed by atoms with Gasteiger partial charge in [-0.2, -0.15) is 0 Å². The molecule has 1 amide bonds. The molecule has 1 aliphatic carbocycles. The van der Waals surface area contributed by atoms with Crippen molar-refractivity contribution in [2.75, 3.05) is 6.54 Å². The molecule has 0 aromatic heterocycles. The lowest BCUT2D eigenvalue weighted by atomic mass is 9.90. The lowest BCUT2D eigenvalue weighted by Gasteiger charge is -2.16. The SMILES string of the molecule is NS(=O)(=O)c1ccc(-c2ccccc2C2=C(c3cccc(Cl)c3)CN(C3CC3)C2=O)cc1. The third-order valence-electron chi connectivity index (χ3n) is 5.96. The maximum atomic E-state index is 13.6. The van der Waals surface area contributed by atoms with Crippen LogP contribution < -0.4 is 5.14 Å². The van der Waals surface area contributed by atoms with Crippen LogP contribution in [0.3, 0.4) is 0 Å². The molecule has 1 heterocycles. The number of rotatable bonds is 5. The Balaban J connectivity index is 1.67. The lowest BCUT2D eigenvalue weighted by molar-refractivity contribution is -0.124. The number of hydrogen-bond donors (Lipinski definition) is 1. The van der Waals surface area contributed by atoms with E-state index in [0.717, 1.165) is 40.7 Å². The molecule has 0 saturated heterocycles. The molecule has 1 saturated carbocycles. The van der Waals surface area contributed by atoms with Gasteiger partial charge in [0.15, 0.2) is 0 Å². The van der Waals surface area contributed by atoms with Crippen molar-refractivity contribution in [3.05, 3.63) is 88.9 Å². The minimum Gasteiger partial charge on any atom is -0.331 e. The van der Waals surface area contributed by atoms with Gasteiger partial charge in [-0.3, -0.25) is 4.79 Å². The quantitative estimate of drug-likeness (QED) is 0.600. The molecule has 32 heavy (non-hydrogen) atoms. The van der Waals surface area contributed by atoms with Crippen LogP contribution in [0, 0.1) is 0 Å². The second-order valence-corrected chi connectivity index (χ2v) is 10.1.